The van der Waals surface area contributed by atoms with Crippen LogP contribution in [0.15, 0.2) is 120 Å². The predicted octanol–water partition coefficient (Wildman–Crippen LogP) is 11.1. The zero-order valence-electron chi connectivity index (χ0n) is 28.3. The van der Waals surface area contributed by atoms with Crippen LogP contribution in [-0.4, -0.2) is 24.3 Å². The number of carbonyl (C=O) groups is 3. The quantitative estimate of drug-likeness (QED) is 0.0607. The van der Waals surface area contributed by atoms with Crippen LogP contribution in [0.3, 0.4) is 0 Å². The summed E-state index contributed by atoms with van der Waals surface area (Å²) in [5, 5.41) is 0. The van der Waals surface area contributed by atoms with Crippen LogP contribution >= 0.6 is 35.3 Å². The van der Waals surface area contributed by atoms with E-state index in [4.69, 9.17) is 15.2 Å². The van der Waals surface area contributed by atoms with Crippen LogP contribution < -0.4 is 10.5 Å². The van der Waals surface area contributed by atoms with Crippen LogP contribution in [0.2, 0.25) is 0 Å². The standard InChI is InChI=1S/C41H37NO5S3/c1-5-6-7-22-46-41(45)47-30-23-33(50-29-18-12-26(4)13-19-29)36-37(38(30)42)40(44)35-32(49-28-16-10-25(3)11-17-28)21-20-31(34(35)39(36)43)48-27-14-8-24(2)9-15-27/h8-21,23H,5-7,22,42H2,1-4H3. The van der Waals surface area contributed by atoms with Gasteiger partial charge in [-0.1, -0.05) is 108 Å². The molecule has 0 aliphatic heterocycles. The van der Waals surface area contributed by atoms with Gasteiger partial charge in [-0.15, -0.1) is 0 Å². The van der Waals surface area contributed by atoms with Crippen molar-refractivity contribution in [3.8, 4) is 5.75 Å². The van der Waals surface area contributed by atoms with Crippen LogP contribution in [0.25, 0.3) is 0 Å². The van der Waals surface area contributed by atoms with Gasteiger partial charge in [-0.3, -0.25) is 9.59 Å². The molecule has 9 heteroatoms. The maximum Gasteiger partial charge on any atom is 0.513 e. The summed E-state index contributed by atoms with van der Waals surface area (Å²) in [5.41, 5.74) is 10.8. The van der Waals surface area contributed by atoms with Crippen molar-refractivity contribution >= 4 is 58.7 Å². The summed E-state index contributed by atoms with van der Waals surface area (Å²) in [7, 11) is 0. The summed E-state index contributed by atoms with van der Waals surface area (Å²) < 4.78 is 11.0. The van der Waals surface area contributed by atoms with Crippen LogP contribution in [-0.2, 0) is 4.74 Å². The van der Waals surface area contributed by atoms with E-state index in [2.05, 4.69) is 6.92 Å². The SMILES string of the molecule is CCCCCOC(=O)Oc1cc(Sc2ccc(C)cc2)c2c(c1N)C(=O)c1c(Sc3ccc(C)cc3)ccc(Sc3ccc(C)cc3)c1C2=O. The fourth-order valence-corrected chi connectivity index (χ4v) is 8.45. The molecule has 0 amide bonds. The molecular formula is C41H37NO5S3. The molecule has 0 radical (unpaired) electrons. The first-order chi connectivity index (χ1) is 24.1. The van der Waals surface area contributed by atoms with Gasteiger partial charge in [0.25, 0.3) is 0 Å². The van der Waals surface area contributed by atoms with Crippen molar-refractivity contribution in [2.24, 2.45) is 0 Å². The second kappa shape index (κ2) is 15.6. The summed E-state index contributed by atoms with van der Waals surface area (Å²) in [6.07, 6.45) is 1.67. The monoisotopic (exact) mass is 719 g/mol. The van der Waals surface area contributed by atoms with Crippen molar-refractivity contribution in [3.63, 3.8) is 0 Å². The number of nitrogens with two attached hydrogens (primary N) is 1. The summed E-state index contributed by atoms with van der Waals surface area (Å²) >= 11 is 4.17. The largest absolute Gasteiger partial charge is 0.513 e. The first-order valence-electron chi connectivity index (χ1n) is 16.4. The number of anilines is 1. The average molecular weight is 720 g/mol. The summed E-state index contributed by atoms with van der Waals surface area (Å²) in [5.74, 6) is -0.743. The molecule has 0 spiro atoms. The number of carbonyl (C=O) groups excluding carboxylic acids is 3. The second-order valence-electron chi connectivity index (χ2n) is 12.2. The van der Waals surface area contributed by atoms with Crippen LogP contribution in [0, 0.1) is 20.8 Å². The Hall–Kier alpha value is -4.44. The van der Waals surface area contributed by atoms with Gasteiger partial charge in [0.2, 0.25) is 0 Å². The minimum absolute atomic E-state index is 0.0247. The molecule has 0 aromatic heterocycles. The number of fused-ring (bicyclic) bond motifs is 2. The molecule has 254 valence electrons. The van der Waals surface area contributed by atoms with Gasteiger partial charge in [-0.25, -0.2) is 4.79 Å². The predicted molar refractivity (Wildman–Crippen MR) is 202 cm³/mol. The Morgan fingerprint density at radius 1 is 0.600 bits per heavy atom. The molecule has 1 aliphatic rings. The smallest absolute Gasteiger partial charge is 0.434 e. The number of nitrogen functional groups attached to an aromatic ring is 1. The second-order valence-corrected chi connectivity index (χ2v) is 15.5. The molecule has 5 aromatic rings. The van der Waals surface area contributed by atoms with Gasteiger partial charge in [0.05, 0.1) is 23.4 Å². The molecule has 5 aromatic carbocycles. The molecule has 6 rings (SSSR count). The Morgan fingerprint density at radius 2 is 1.02 bits per heavy atom. The van der Waals surface area contributed by atoms with Gasteiger partial charge in [-0.05, 0) is 81.8 Å². The number of hydrogen-bond acceptors (Lipinski definition) is 9. The lowest BCUT2D eigenvalue weighted by Crippen LogP contribution is -2.26. The lowest BCUT2D eigenvalue weighted by Gasteiger charge is -2.26. The lowest BCUT2D eigenvalue weighted by atomic mass is 9.82. The van der Waals surface area contributed by atoms with E-state index >= 15 is 0 Å². The van der Waals surface area contributed by atoms with E-state index in [9.17, 15) is 14.4 Å². The zero-order chi connectivity index (χ0) is 35.4. The fourth-order valence-electron chi connectivity index (χ4n) is 5.54. The van der Waals surface area contributed by atoms with E-state index in [0.717, 1.165) is 44.2 Å². The van der Waals surface area contributed by atoms with Crippen molar-refractivity contribution in [2.45, 2.75) is 76.3 Å². The zero-order valence-corrected chi connectivity index (χ0v) is 30.8. The minimum atomic E-state index is -0.915. The van der Waals surface area contributed by atoms with Crippen LogP contribution in [0.4, 0.5) is 10.5 Å². The summed E-state index contributed by atoms with van der Waals surface area (Å²) in [4.78, 5) is 47.1. The van der Waals surface area contributed by atoms with Gasteiger partial charge >= 0.3 is 6.16 Å². The maximum absolute atomic E-state index is 14.9. The number of aryl methyl sites for hydroxylation is 3. The van der Waals surface area contributed by atoms with Gasteiger partial charge in [0.15, 0.2) is 17.3 Å². The average Bonchev–Trinajstić information content (AvgIpc) is 3.10. The van der Waals surface area contributed by atoms with E-state index in [1.165, 1.54) is 35.3 Å². The number of ketones is 2. The van der Waals surface area contributed by atoms with Gasteiger partial charge in [0, 0.05) is 40.5 Å². The fraction of sp³-hybridized carbons (Fsp3) is 0.195. The first-order valence-corrected chi connectivity index (χ1v) is 18.9. The van der Waals surface area contributed by atoms with Gasteiger partial charge < -0.3 is 15.2 Å². The number of ether oxygens (including phenoxy) is 2. The molecule has 0 bridgehead atoms. The third kappa shape index (κ3) is 7.80. The molecule has 0 saturated heterocycles. The van der Waals surface area contributed by atoms with E-state index in [0.29, 0.717) is 26.7 Å². The first kappa shape index (κ1) is 35.4. The minimum Gasteiger partial charge on any atom is -0.434 e. The van der Waals surface area contributed by atoms with Crippen LogP contribution in [0.5, 0.6) is 5.75 Å². The van der Waals surface area contributed by atoms with Crippen molar-refractivity contribution < 1.29 is 23.9 Å². The van der Waals surface area contributed by atoms with Crippen molar-refractivity contribution in [3.05, 3.63) is 130 Å². The number of benzene rings is 5. The highest BCUT2D eigenvalue weighted by molar-refractivity contribution is 8.00. The topological polar surface area (TPSA) is 95.7 Å². The molecule has 0 atom stereocenters. The number of unbranched alkanes of at least 4 members (excludes halogenated alkanes) is 2. The Kier molecular flexibility index (Phi) is 11.1. The third-order valence-electron chi connectivity index (χ3n) is 8.24. The molecule has 50 heavy (non-hydrogen) atoms. The van der Waals surface area contributed by atoms with Crippen molar-refractivity contribution in [2.75, 3.05) is 12.3 Å². The molecular weight excluding hydrogens is 683 g/mol. The Bertz CT molecular complexity index is 2070. The molecule has 0 saturated carbocycles. The maximum atomic E-state index is 14.9. The molecule has 2 N–H and O–H groups in total. The van der Waals surface area contributed by atoms with E-state index < -0.39 is 11.9 Å². The van der Waals surface area contributed by atoms with Gasteiger partial charge in [-0.2, -0.15) is 0 Å². The molecule has 0 fully saturated rings. The van der Waals surface area contributed by atoms with Crippen molar-refractivity contribution in [1.82, 2.24) is 0 Å². The summed E-state index contributed by atoms with van der Waals surface area (Å²) in [6, 6.07) is 29.3. The highest BCUT2D eigenvalue weighted by atomic mass is 32.2. The van der Waals surface area contributed by atoms with Crippen molar-refractivity contribution in [1.29, 1.82) is 0 Å². The van der Waals surface area contributed by atoms with E-state index in [-0.39, 0.29) is 40.5 Å². The highest BCUT2D eigenvalue weighted by Crippen LogP contribution is 2.48. The highest BCUT2D eigenvalue weighted by Gasteiger charge is 2.39. The molecule has 0 heterocycles. The summed E-state index contributed by atoms with van der Waals surface area (Å²) in [6.45, 7) is 8.30. The Labute approximate surface area is 305 Å². The lowest BCUT2D eigenvalue weighted by molar-refractivity contribution is 0.0960. The molecule has 6 nitrogen and oxygen atoms in total. The Balaban J connectivity index is 1.50. The van der Waals surface area contributed by atoms with E-state index in [1.807, 2.05) is 106 Å². The normalized spacial score (nSPS) is 12.0. The third-order valence-corrected chi connectivity index (χ3v) is 11.4. The molecule has 1 aliphatic carbocycles. The Morgan fingerprint density at radius 3 is 1.48 bits per heavy atom. The number of hydrogen-bond donors (Lipinski definition) is 1. The number of rotatable bonds is 11. The van der Waals surface area contributed by atoms with Gasteiger partial charge in [0.1, 0.15) is 0 Å². The van der Waals surface area contributed by atoms with Crippen LogP contribution in [0.1, 0.15) is 74.7 Å². The molecule has 0 unspecified atom stereocenters. The van der Waals surface area contributed by atoms with E-state index in [1.54, 1.807) is 6.07 Å².